The molecule has 0 aliphatic carbocycles. The van der Waals surface area contributed by atoms with E-state index in [4.69, 9.17) is 9.47 Å². The SMILES string of the molecule is C[P+](C)(C)CCCOc1ccc(OCCC[P+](C)(C)C)cc1. The molecule has 0 amide bonds. The van der Waals surface area contributed by atoms with Crippen LogP contribution >= 0.6 is 14.5 Å². The molecule has 1 aromatic rings. The van der Waals surface area contributed by atoms with Gasteiger partial charge in [-0.25, -0.2) is 0 Å². The molecule has 1 rings (SSSR count). The maximum Gasteiger partial charge on any atom is 0.119 e. The summed E-state index contributed by atoms with van der Waals surface area (Å²) in [6, 6.07) is 8.05. The van der Waals surface area contributed by atoms with Crippen molar-refractivity contribution in [1.29, 1.82) is 0 Å². The van der Waals surface area contributed by atoms with Gasteiger partial charge in [0, 0.05) is 67.4 Å². The number of hydrogen-bond acceptors (Lipinski definition) is 2. The zero-order valence-corrected chi connectivity index (χ0v) is 17.1. The molecule has 0 saturated carbocycles. The van der Waals surface area contributed by atoms with E-state index in [2.05, 4.69) is 40.0 Å². The Morgan fingerprint density at radius 2 is 0.955 bits per heavy atom. The van der Waals surface area contributed by atoms with E-state index in [0.717, 1.165) is 37.6 Å². The van der Waals surface area contributed by atoms with E-state index in [1.807, 2.05) is 24.3 Å². The molecule has 22 heavy (non-hydrogen) atoms. The van der Waals surface area contributed by atoms with E-state index in [1.165, 1.54) is 12.3 Å². The molecule has 4 heteroatoms. The van der Waals surface area contributed by atoms with E-state index in [-0.39, 0.29) is 0 Å². The third kappa shape index (κ3) is 10.4. The van der Waals surface area contributed by atoms with Crippen LogP contribution in [0.3, 0.4) is 0 Å². The van der Waals surface area contributed by atoms with Crippen LogP contribution in [0.25, 0.3) is 0 Å². The second-order valence-corrected chi connectivity index (χ2v) is 18.0. The quantitative estimate of drug-likeness (QED) is 0.437. The van der Waals surface area contributed by atoms with Crippen molar-refractivity contribution in [2.24, 2.45) is 0 Å². The fraction of sp³-hybridized carbons (Fsp3) is 0.667. The van der Waals surface area contributed by atoms with Gasteiger partial charge in [-0.05, 0) is 24.3 Å². The van der Waals surface area contributed by atoms with Crippen LogP contribution in [-0.4, -0.2) is 65.5 Å². The monoisotopic (exact) mass is 344 g/mol. The van der Waals surface area contributed by atoms with Gasteiger partial charge in [0.05, 0.1) is 25.5 Å². The highest BCUT2D eigenvalue weighted by molar-refractivity contribution is 7.74. The molecule has 0 aliphatic rings. The highest BCUT2D eigenvalue weighted by atomic mass is 31.2. The number of hydrogen-bond donors (Lipinski definition) is 0. The summed E-state index contributed by atoms with van der Waals surface area (Å²) >= 11 is 0. The first-order valence-electron chi connectivity index (χ1n) is 8.12. The Labute approximate surface area is 138 Å². The van der Waals surface area contributed by atoms with Crippen molar-refractivity contribution in [2.75, 3.05) is 65.5 Å². The predicted octanol–water partition coefficient (Wildman–Crippen LogP) is 5.04. The van der Waals surface area contributed by atoms with Crippen LogP contribution < -0.4 is 9.47 Å². The lowest BCUT2D eigenvalue weighted by Gasteiger charge is -2.13. The Bertz CT molecular complexity index is 375. The predicted molar refractivity (Wildman–Crippen MR) is 106 cm³/mol. The average molecular weight is 344 g/mol. The van der Waals surface area contributed by atoms with Gasteiger partial charge in [-0.1, -0.05) is 0 Å². The zero-order valence-electron chi connectivity index (χ0n) is 15.3. The third-order valence-corrected chi connectivity index (χ3v) is 6.62. The molecule has 126 valence electrons. The van der Waals surface area contributed by atoms with Crippen molar-refractivity contribution in [2.45, 2.75) is 12.8 Å². The van der Waals surface area contributed by atoms with E-state index in [0.29, 0.717) is 0 Å². The first kappa shape index (κ1) is 19.7. The molecule has 2 nitrogen and oxygen atoms in total. The Balaban J connectivity index is 2.22. The third-order valence-electron chi connectivity index (χ3n) is 3.31. The fourth-order valence-corrected chi connectivity index (χ4v) is 4.25. The molecule has 0 N–H and O–H groups in total. The van der Waals surface area contributed by atoms with Gasteiger partial charge < -0.3 is 9.47 Å². The molecule has 0 unspecified atom stereocenters. The first-order valence-corrected chi connectivity index (χ1v) is 14.8. The Morgan fingerprint density at radius 3 is 1.23 bits per heavy atom. The van der Waals surface area contributed by atoms with Crippen molar-refractivity contribution in [3.05, 3.63) is 24.3 Å². The van der Waals surface area contributed by atoms with Crippen LogP contribution in [0.4, 0.5) is 0 Å². The fourth-order valence-electron chi connectivity index (χ4n) is 2.09. The Morgan fingerprint density at radius 1 is 0.636 bits per heavy atom. The van der Waals surface area contributed by atoms with Gasteiger partial charge in [-0.3, -0.25) is 0 Å². The van der Waals surface area contributed by atoms with Gasteiger partial charge in [-0.2, -0.15) is 0 Å². The summed E-state index contributed by atoms with van der Waals surface area (Å²) in [5, 5.41) is 0. The van der Waals surface area contributed by atoms with Crippen LogP contribution in [0.2, 0.25) is 0 Å². The molecule has 0 aliphatic heterocycles. The lowest BCUT2D eigenvalue weighted by molar-refractivity contribution is 0.309. The lowest BCUT2D eigenvalue weighted by Crippen LogP contribution is -2.03. The van der Waals surface area contributed by atoms with E-state index in [1.54, 1.807) is 0 Å². The standard InChI is InChI=1S/C18H34O2P2/c1-21(2,3)15-7-13-19-17-9-11-18(12-10-17)20-14-8-16-22(4,5)6/h9-12H,7-8,13-16H2,1-6H3/q+2. The molecular formula is C18H34O2P2+2. The van der Waals surface area contributed by atoms with Gasteiger partial charge >= 0.3 is 0 Å². The van der Waals surface area contributed by atoms with Gasteiger partial charge in [0.25, 0.3) is 0 Å². The molecule has 0 atom stereocenters. The Hall–Kier alpha value is -0.320. The molecule has 0 fully saturated rings. The van der Waals surface area contributed by atoms with Gasteiger partial charge in [0.1, 0.15) is 11.5 Å². The summed E-state index contributed by atoms with van der Waals surface area (Å²) in [5.74, 6) is 1.89. The molecule has 0 heterocycles. The minimum Gasteiger partial charge on any atom is -0.493 e. The summed E-state index contributed by atoms with van der Waals surface area (Å²) in [4.78, 5) is 0. The Kier molecular flexibility index (Phi) is 8.15. The first-order chi connectivity index (χ1) is 10.2. The minimum atomic E-state index is -0.670. The summed E-state index contributed by atoms with van der Waals surface area (Å²) in [6.07, 6.45) is 4.88. The minimum absolute atomic E-state index is 0.670. The molecular weight excluding hydrogens is 310 g/mol. The van der Waals surface area contributed by atoms with E-state index >= 15 is 0 Å². The molecule has 0 aromatic heterocycles. The molecule has 0 saturated heterocycles. The van der Waals surface area contributed by atoms with Crippen LogP contribution in [0.15, 0.2) is 24.3 Å². The van der Waals surface area contributed by atoms with Crippen LogP contribution in [0.1, 0.15) is 12.8 Å². The topological polar surface area (TPSA) is 18.5 Å². The van der Waals surface area contributed by atoms with Gasteiger partial charge in [0.2, 0.25) is 0 Å². The normalized spacial score (nSPS) is 12.3. The summed E-state index contributed by atoms with van der Waals surface area (Å²) in [6.45, 7) is 15.9. The summed E-state index contributed by atoms with van der Waals surface area (Å²) < 4.78 is 11.6. The van der Waals surface area contributed by atoms with Gasteiger partial charge in [0.15, 0.2) is 0 Å². The van der Waals surface area contributed by atoms with Crippen molar-refractivity contribution in [3.63, 3.8) is 0 Å². The molecule has 0 bridgehead atoms. The van der Waals surface area contributed by atoms with Crippen LogP contribution in [0.5, 0.6) is 11.5 Å². The highest BCUT2D eigenvalue weighted by Crippen LogP contribution is 2.47. The lowest BCUT2D eigenvalue weighted by atomic mass is 10.3. The van der Waals surface area contributed by atoms with E-state index in [9.17, 15) is 0 Å². The number of ether oxygens (including phenoxy) is 2. The molecule has 0 radical (unpaired) electrons. The summed E-state index contributed by atoms with van der Waals surface area (Å²) in [5.41, 5.74) is 0. The largest absolute Gasteiger partial charge is 0.493 e. The highest BCUT2D eigenvalue weighted by Gasteiger charge is 2.16. The van der Waals surface area contributed by atoms with Crippen LogP contribution in [-0.2, 0) is 0 Å². The van der Waals surface area contributed by atoms with Crippen molar-refractivity contribution in [3.8, 4) is 11.5 Å². The van der Waals surface area contributed by atoms with Crippen LogP contribution in [0, 0.1) is 0 Å². The second-order valence-electron chi connectivity index (χ2n) is 7.90. The van der Waals surface area contributed by atoms with Gasteiger partial charge in [-0.15, -0.1) is 0 Å². The van der Waals surface area contributed by atoms with Crippen molar-refractivity contribution in [1.82, 2.24) is 0 Å². The second kappa shape index (κ2) is 9.09. The van der Waals surface area contributed by atoms with E-state index < -0.39 is 14.5 Å². The number of rotatable bonds is 10. The maximum atomic E-state index is 5.79. The molecule has 0 spiro atoms. The van der Waals surface area contributed by atoms with Crippen molar-refractivity contribution < 1.29 is 9.47 Å². The smallest absolute Gasteiger partial charge is 0.119 e. The van der Waals surface area contributed by atoms with Crippen molar-refractivity contribution >= 4 is 14.5 Å². The maximum absolute atomic E-state index is 5.79. The average Bonchev–Trinajstić information content (AvgIpc) is 2.39. The summed E-state index contributed by atoms with van der Waals surface area (Å²) in [7, 11) is -1.34. The zero-order chi connectivity index (χ0) is 16.6. The molecule has 1 aromatic carbocycles. The number of benzene rings is 1.